The summed E-state index contributed by atoms with van der Waals surface area (Å²) < 4.78 is 0. The summed E-state index contributed by atoms with van der Waals surface area (Å²) >= 11 is 1.61. The van der Waals surface area contributed by atoms with Crippen molar-refractivity contribution in [2.75, 3.05) is 25.9 Å². The Kier molecular flexibility index (Phi) is 6.86. The van der Waals surface area contributed by atoms with Crippen molar-refractivity contribution in [1.29, 1.82) is 0 Å². The van der Waals surface area contributed by atoms with Crippen LogP contribution < -0.4 is 10.6 Å². The van der Waals surface area contributed by atoms with Gasteiger partial charge >= 0.3 is 0 Å². The third-order valence-corrected chi connectivity index (χ3v) is 4.51. The highest BCUT2D eigenvalue weighted by atomic mass is 35.5. The van der Waals surface area contributed by atoms with Crippen LogP contribution >= 0.6 is 24.2 Å². The maximum absolute atomic E-state index is 12.3. The summed E-state index contributed by atoms with van der Waals surface area (Å²) in [6.07, 6.45) is 4.36. The molecule has 1 fully saturated rings. The number of amides is 1. The van der Waals surface area contributed by atoms with Crippen LogP contribution in [0.4, 0.5) is 0 Å². The molecule has 1 unspecified atom stereocenters. The van der Waals surface area contributed by atoms with Gasteiger partial charge in [0, 0.05) is 18.0 Å². The largest absolute Gasteiger partial charge is 0.351 e. The zero-order chi connectivity index (χ0) is 13.7. The van der Waals surface area contributed by atoms with Gasteiger partial charge in [0.1, 0.15) is 0 Å². The number of carbonyl (C=O) groups excluding carboxylic acids is 1. The number of hydrogen-bond acceptors (Lipinski definition) is 3. The van der Waals surface area contributed by atoms with Gasteiger partial charge in [-0.15, -0.1) is 24.2 Å². The summed E-state index contributed by atoms with van der Waals surface area (Å²) in [7, 11) is 0. The molecule has 1 aromatic rings. The van der Waals surface area contributed by atoms with Crippen molar-refractivity contribution in [3.63, 3.8) is 0 Å². The molecule has 1 aliphatic rings. The van der Waals surface area contributed by atoms with E-state index in [-0.39, 0.29) is 23.7 Å². The van der Waals surface area contributed by atoms with Gasteiger partial charge in [-0.25, -0.2) is 0 Å². The van der Waals surface area contributed by atoms with E-state index in [1.165, 1.54) is 12.8 Å². The molecule has 20 heavy (non-hydrogen) atoms. The minimum atomic E-state index is 0. The molecule has 5 heteroatoms. The van der Waals surface area contributed by atoms with Crippen molar-refractivity contribution < 1.29 is 4.79 Å². The molecule has 1 aliphatic heterocycles. The van der Waals surface area contributed by atoms with E-state index in [9.17, 15) is 4.79 Å². The van der Waals surface area contributed by atoms with Gasteiger partial charge in [0.05, 0.1) is 5.56 Å². The second-order valence-corrected chi connectivity index (χ2v) is 6.32. The van der Waals surface area contributed by atoms with Crippen molar-refractivity contribution in [3.05, 3.63) is 29.8 Å². The van der Waals surface area contributed by atoms with Crippen LogP contribution in [0.25, 0.3) is 0 Å². The highest BCUT2D eigenvalue weighted by Crippen LogP contribution is 2.25. The molecular formula is C15H23ClN2OS. The molecule has 1 aromatic carbocycles. The molecule has 1 amide bonds. The molecule has 0 spiro atoms. The van der Waals surface area contributed by atoms with E-state index in [1.54, 1.807) is 11.8 Å². The van der Waals surface area contributed by atoms with Gasteiger partial charge in [-0.05, 0) is 43.2 Å². The molecule has 112 valence electrons. The summed E-state index contributed by atoms with van der Waals surface area (Å²) in [6.45, 7) is 5.05. The minimum absolute atomic E-state index is 0. The smallest absolute Gasteiger partial charge is 0.252 e. The number of piperidine rings is 1. The number of hydrogen-bond donors (Lipinski definition) is 2. The molecule has 0 radical (unpaired) electrons. The van der Waals surface area contributed by atoms with E-state index < -0.39 is 0 Å². The lowest BCUT2D eigenvalue weighted by molar-refractivity contribution is 0.0922. The maximum atomic E-state index is 12.3. The summed E-state index contributed by atoms with van der Waals surface area (Å²) in [5.41, 5.74) is 0.963. The second-order valence-electron chi connectivity index (χ2n) is 5.47. The van der Waals surface area contributed by atoms with E-state index >= 15 is 0 Å². The Morgan fingerprint density at radius 3 is 2.85 bits per heavy atom. The van der Waals surface area contributed by atoms with E-state index in [1.807, 2.05) is 30.5 Å². The molecular weight excluding hydrogens is 292 g/mol. The Bertz CT molecular complexity index is 447. The maximum Gasteiger partial charge on any atom is 0.252 e. The molecule has 1 saturated heterocycles. The van der Waals surface area contributed by atoms with Crippen LogP contribution in [0, 0.1) is 5.41 Å². The Hall–Kier alpha value is -0.710. The molecule has 2 N–H and O–H groups in total. The number of halogens is 1. The van der Waals surface area contributed by atoms with Crippen LogP contribution in [0.2, 0.25) is 0 Å². The molecule has 0 aliphatic carbocycles. The van der Waals surface area contributed by atoms with Crippen molar-refractivity contribution >= 4 is 30.1 Å². The van der Waals surface area contributed by atoms with Gasteiger partial charge in [-0.1, -0.05) is 19.1 Å². The van der Waals surface area contributed by atoms with Crippen molar-refractivity contribution in [1.82, 2.24) is 10.6 Å². The predicted molar refractivity (Wildman–Crippen MR) is 88.0 cm³/mol. The van der Waals surface area contributed by atoms with Crippen molar-refractivity contribution in [2.24, 2.45) is 5.41 Å². The summed E-state index contributed by atoms with van der Waals surface area (Å²) in [5, 5.41) is 6.50. The SMILES string of the molecule is CSc1ccccc1C(=O)NCC1(C)CCCNC1.Cl. The first-order valence-electron chi connectivity index (χ1n) is 6.77. The van der Waals surface area contributed by atoms with Gasteiger partial charge in [-0.3, -0.25) is 4.79 Å². The first-order chi connectivity index (χ1) is 9.14. The molecule has 2 rings (SSSR count). The first-order valence-corrected chi connectivity index (χ1v) is 7.99. The zero-order valence-corrected chi connectivity index (χ0v) is 13.7. The van der Waals surface area contributed by atoms with Crippen LogP contribution in [0.1, 0.15) is 30.1 Å². The zero-order valence-electron chi connectivity index (χ0n) is 12.1. The molecule has 1 heterocycles. The number of carbonyl (C=O) groups is 1. The summed E-state index contributed by atoms with van der Waals surface area (Å²) in [4.78, 5) is 13.3. The fourth-order valence-corrected chi connectivity index (χ4v) is 3.09. The number of benzene rings is 1. The van der Waals surface area contributed by atoms with E-state index in [0.29, 0.717) is 0 Å². The van der Waals surface area contributed by atoms with Crippen molar-refractivity contribution in [2.45, 2.75) is 24.7 Å². The van der Waals surface area contributed by atoms with Gasteiger partial charge in [0.2, 0.25) is 0 Å². The summed E-state index contributed by atoms with van der Waals surface area (Å²) in [5.74, 6) is 0.0387. The lowest BCUT2D eigenvalue weighted by Gasteiger charge is -2.34. The normalized spacial score (nSPS) is 21.9. The molecule has 3 nitrogen and oxygen atoms in total. The average Bonchev–Trinajstić information content (AvgIpc) is 2.45. The van der Waals surface area contributed by atoms with Crippen LogP contribution in [-0.4, -0.2) is 31.8 Å². The van der Waals surface area contributed by atoms with Gasteiger partial charge in [0.25, 0.3) is 5.91 Å². The van der Waals surface area contributed by atoms with E-state index in [4.69, 9.17) is 0 Å². The van der Waals surface area contributed by atoms with E-state index in [0.717, 1.165) is 30.1 Å². The quantitative estimate of drug-likeness (QED) is 0.840. The van der Waals surface area contributed by atoms with Gasteiger partial charge in [0.15, 0.2) is 0 Å². The Balaban J connectivity index is 0.00000200. The Labute approximate surface area is 131 Å². The average molecular weight is 315 g/mol. The monoisotopic (exact) mass is 314 g/mol. The van der Waals surface area contributed by atoms with Crippen LogP contribution in [0.3, 0.4) is 0 Å². The second kappa shape index (κ2) is 7.91. The van der Waals surface area contributed by atoms with E-state index in [2.05, 4.69) is 17.6 Å². The molecule has 0 saturated carbocycles. The highest BCUT2D eigenvalue weighted by molar-refractivity contribution is 7.98. The van der Waals surface area contributed by atoms with Crippen LogP contribution in [0.15, 0.2) is 29.2 Å². The van der Waals surface area contributed by atoms with Crippen molar-refractivity contribution in [3.8, 4) is 0 Å². The molecule has 0 bridgehead atoms. The van der Waals surface area contributed by atoms with Gasteiger partial charge in [-0.2, -0.15) is 0 Å². The fraction of sp³-hybridized carbons (Fsp3) is 0.533. The fourth-order valence-electron chi connectivity index (χ4n) is 2.49. The Morgan fingerprint density at radius 2 is 2.20 bits per heavy atom. The number of rotatable bonds is 4. The van der Waals surface area contributed by atoms with Gasteiger partial charge < -0.3 is 10.6 Å². The van der Waals surface area contributed by atoms with Crippen LogP contribution in [-0.2, 0) is 0 Å². The topological polar surface area (TPSA) is 41.1 Å². The summed E-state index contributed by atoms with van der Waals surface area (Å²) in [6, 6.07) is 7.76. The van der Waals surface area contributed by atoms with Crippen LogP contribution in [0.5, 0.6) is 0 Å². The predicted octanol–water partition coefficient (Wildman–Crippen LogP) is 2.95. The number of nitrogens with one attached hydrogen (secondary N) is 2. The molecule has 0 aromatic heterocycles. The lowest BCUT2D eigenvalue weighted by Crippen LogP contribution is -2.45. The number of thioether (sulfide) groups is 1. The highest BCUT2D eigenvalue weighted by Gasteiger charge is 2.27. The lowest BCUT2D eigenvalue weighted by atomic mass is 9.83. The Morgan fingerprint density at radius 1 is 1.45 bits per heavy atom. The third kappa shape index (κ3) is 4.40. The third-order valence-electron chi connectivity index (χ3n) is 3.71. The standard InChI is InChI=1S/C15H22N2OS.ClH/c1-15(8-5-9-16-10-15)11-17-14(18)12-6-3-4-7-13(12)19-2;/h3-4,6-7,16H,5,8-11H2,1-2H3,(H,17,18);1H. The first kappa shape index (κ1) is 17.3. The molecule has 1 atom stereocenters. The minimum Gasteiger partial charge on any atom is -0.351 e.